The normalized spacial score (nSPS) is 17.7. The predicted octanol–water partition coefficient (Wildman–Crippen LogP) is 2.54. The molecule has 27 heavy (non-hydrogen) atoms. The average molecular weight is 375 g/mol. The first kappa shape index (κ1) is 21.1. The fourth-order valence-corrected chi connectivity index (χ4v) is 3.11. The van der Waals surface area contributed by atoms with Crippen LogP contribution in [0, 0.1) is 0 Å². The topological polar surface area (TPSA) is 66.0 Å². The minimum absolute atomic E-state index is 0.149. The Morgan fingerprint density at radius 1 is 1.30 bits per heavy atom. The Labute approximate surface area is 163 Å². The highest BCUT2D eigenvalue weighted by atomic mass is 16.5. The van der Waals surface area contributed by atoms with E-state index in [4.69, 9.17) is 4.74 Å². The number of carbonyl (C=O) groups is 1. The molecule has 2 rings (SSSR count). The average Bonchev–Trinajstić information content (AvgIpc) is 3.11. The molecule has 0 bridgehead atoms. The number of hydrogen-bond donors (Lipinski definition) is 2. The Morgan fingerprint density at radius 3 is 2.59 bits per heavy atom. The molecule has 0 aromatic heterocycles. The van der Waals surface area contributed by atoms with Crippen LogP contribution in [0.15, 0.2) is 29.3 Å². The van der Waals surface area contributed by atoms with Crippen molar-refractivity contribution in [2.45, 2.75) is 52.0 Å². The maximum atomic E-state index is 11.8. The van der Waals surface area contributed by atoms with E-state index < -0.39 is 0 Å². The molecular formula is C21H34N4O2. The minimum atomic E-state index is 0.149. The number of nitrogens with zero attached hydrogens (tertiary/aromatic N) is 2. The summed E-state index contributed by atoms with van der Waals surface area (Å²) in [5, 5.41) is 6.66. The van der Waals surface area contributed by atoms with Gasteiger partial charge in [-0.15, -0.1) is 0 Å². The van der Waals surface area contributed by atoms with Crippen LogP contribution >= 0.6 is 0 Å². The smallest absolute Gasteiger partial charge is 0.222 e. The number of benzene rings is 1. The highest BCUT2D eigenvalue weighted by Crippen LogP contribution is 2.24. The lowest BCUT2D eigenvalue weighted by atomic mass is 9.87. The number of likely N-dealkylation sites (tertiary alicyclic amines) is 1. The van der Waals surface area contributed by atoms with Gasteiger partial charge >= 0.3 is 0 Å². The van der Waals surface area contributed by atoms with Gasteiger partial charge in [0.25, 0.3) is 0 Å². The molecule has 6 nitrogen and oxygen atoms in total. The number of carbonyl (C=O) groups excluding carboxylic acids is 1. The van der Waals surface area contributed by atoms with Crippen molar-refractivity contribution in [3.05, 3.63) is 29.8 Å². The van der Waals surface area contributed by atoms with Crippen LogP contribution in [0.1, 0.15) is 46.1 Å². The van der Waals surface area contributed by atoms with E-state index in [0.29, 0.717) is 19.6 Å². The summed E-state index contributed by atoms with van der Waals surface area (Å²) in [6.45, 7) is 11.3. The molecule has 1 aliphatic heterocycles. The largest absolute Gasteiger partial charge is 0.492 e. The molecule has 0 aliphatic carbocycles. The molecule has 1 atom stereocenters. The molecule has 1 unspecified atom stereocenters. The molecule has 1 aromatic carbocycles. The summed E-state index contributed by atoms with van der Waals surface area (Å²) in [6.07, 6.45) is 1.51. The monoisotopic (exact) mass is 374 g/mol. The van der Waals surface area contributed by atoms with Crippen LogP contribution in [0.5, 0.6) is 5.75 Å². The van der Waals surface area contributed by atoms with E-state index in [9.17, 15) is 4.79 Å². The first-order valence-electron chi connectivity index (χ1n) is 9.81. The Hall–Kier alpha value is -2.24. The minimum Gasteiger partial charge on any atom is -0.492 e. The van der Waals surface area contributed by atoms with Crippen molar-refractivity contribution in [1.82, 2.24) is 15.5 Å². The number of aliphatic imine (C=N–C) groups is 1. The van der Waals surface area contributed by atoms with Crippen molar-refractivity contribution in [3.63, 3.8) is 0 Å². The molecule has 0 spiro atoms. The zero-order valence-corrected chi connectivity index (χ0v) is 17.3. The van der Waals surface area contributed by atoms with Gasteiger partial charge in [0.2, 0.25) is 5.91 Å². The van der Waals surface area contributed by atoms with Crippen molar-refractivity contribution in [2.75, 3.05) is 33.3 Å². The molecule has 1 aliphatic rings. The predicted molar refractivity (Wildman–Crippen MR) is 110 cm³/mol. The summed E-state index contributed by atoms with van der Waals surface area (Å²) < 4.78 is 5.80. The summed E-state index contributed by atoms with van der Waals surface area (Å²) in [5.74, 6) is 1.84. The van der Waals surface area contributed by atoms with E-state index in [1.807, 2.05) is 24.0 Å². The fourth-order valence-electron chi connectivity index (χ4n) is 3.11. The van der Waals surface area contributed by atoms with Gasteiger partial charge in [-0.2, -0.15) is 0 Å². The summed E-state index contributed by atoms with van der Waals surface area (Å²) >= 11 is 0. The van der Waals surface area contributed by atoms with Gasteiger partial charge in [0.15, 0.2) is 5.96 Å². The van der Waals surface area contributed by atoms with Gasteiger partial charge in [0.05, 0.1) is 6.54 Å². The lowest BCUT2D eigenvalue weighted by molar-refractivity contribution is -0.129. The second-order valence-corrected chi connectivity index (χ2v) is 7.95. The number of ether oxygens (including phenoxy) is 1. The van der Waals surface area contributed by atoms with Gasteiger partial charge in [-0.3, -0.25) is 9.79 Å². The van der Waals surface area contributed by atoms with Crippen LogP contribution < -0.4 is 15.4 Å². The van der Waals surface area contributed by atoms with Crippen LogP contribution in [0.3, 0.4) is 0 Å². The van der Waals surface area contributed by atoms with Crippen LogP contribution in [0.25, 0.3) is 0 Å². The van der Waals surface area contributed by atoms with E-state index in [1.165, 1.54) is 5.56 Å². The van der Waals surface area contributed by atoms with E-state index in [1.54, 1.807) is 7.05 Å². The Balaban J connectivity index is 1.70. The van der Waals surface area contributed by atoms with E-state index in [2.05, 4.69) is 48.5 Å². The van der Waals surface area contributed by atoms with Gasteiger partial charge < -0.3 is 20.3 Å². The first-order chi connectivity index (χ1) is 12.8. The standard InChI is InChI=1S/C21H34N4O2/c1-6-19(26)25-13-11-17(15-25)24-20(22-5)23-12-14-27-18-9-7-16(8-10-18)21(2,3)4/h7-10,17H,6,11-15H2,1-5H3,(H2,22,23,24). The zero-order valence-electron chi connectivity index (χ0n) is 17.3. The highest BCUT2D eigenvalue weighted by molar-refractivity contribution is 5.80. The lowest BCUT2D eigenvalue weighted by Gasteiger charge is -2.20. The third-order valence-corrected chi connectivity index (χ3v) is 4.79. The van der Waals surface area contributed by atoms with Gasteiger partial charge in [0.1, 0.15) is 12.4 Å². The first-order valence-corrected chi connectivity index (χ1v) is 9.81. The maximum Gasteiger partial charge on any atom is 0.222 e. The summed E-state index contributed by atoms with van der Waals surface area (Å²) in [5.41, 5.74) is 1.44. The second-order valence-electron chi connectivity index (χ2n) is 7.95. The van der Waals surface area contributed by atoms with Crippen LogP contribution in [-0.2, 0) is 10.2 Å². The fraction of sp³-hybridized carbons (Fsp3) is 0.619. The van der Waals surface area contributed by atoms with Crippen molar-refractivity contribution < 1.29 is 9.53 Å². The van der Waals surface area contributed by atoms with Crippen molar-refractivity contribution in [1.29, 1.82) is 0 Å². The quantitative estimate of drug-likeness (QED) is 0.456. The molecule has 2 N–H and O–H groups in total. The van der Waals surface area contributed by atoms with Crippen molar-refractivity contribution in [3.8, 4) is 5.75 Å². The summed E-state index contributed by atoms with van der Waals surface area (Å²) in [6, 6.07) is 8.52. The third kappa shape index (κ3) is 6.45. The number of hydrogen-bond acceptors (Lipinski definition) is 3. The lowest BCUT2D eigenvalue weighted by Crippen LogP contribution is -2.46. The molecule has 6 heteroatoms. The molecule has 1 amide bonds. The highest BCUT2D eigenvalue weighted by Gasteiger charge is 2.25. The van der Waals surface area contributed by atoms with Crippen molar-refractivity contribution >= 4 is 11.9 Å². The second kappa shape index (κ2) is 9.62. The molecule has 1 aromatic rings. The molecule has 1 fully saturated rings. The van der Waals surface area contributed by atoms with Crippen molar-refractivity contribution in [2.24, 2.45) is 4.99 Å². The maximum absolute atomic E-state index is 11.8. The molecule has 1 heterocycles. The Morgan fingerprint density at radius 2 is 2.00 bits per heavy atom. The van der Waals surface area contributed by atoms with Crippen LogP contribution in [0.2, 0.25) is 0 Å². The number of amides is 1. The zero-order chi connectivity index (χ0) is 19.9. The molecule has 0 saturated carbocycles. The molecule has 150 valence electrons. The Kier molecular flexibility index (Phi) is 7.51. The van der Waals surface area contributed by atoms with Gasteiger partial charge in [-0.25, -0.2) is 0 Å². The van der Waals surface area contributed by atoms with E-state index in [-0.39, 0.29) is 17.4 Å². The van der Waals surface area contributed by atoms with Gasteiger partial charge in [-0.1, -0.05) is 39.8 Å². The number of rotatable bonds is 6. The molecule has 0 radical (unpaired) electrons. The van der Waals surface area contributed by atoms with Crippen LogP contribution in [0.4, 0.5) is 0 Å². The molecule has 1 saturated heterocycles. The third-order valence-electron chi connectivity index (χ3n) is 4.79. The number of guanidine groups is 1. The summed E-state index contributed by atoms with van der Waals surface area (Å²) in [4.78, 5) is 17.9. The Bertz CT molecular complexity index is 635. The van der Waals surface area contributed by atoms with E-state index in [0.717, 1.165) is 31.2 Å². The number of nitrogens with one attached hydrogen (secondary N) is 2. The molecular weight excluding hydrogens is 340 g/mol. The SMILES string of the molecule is CCC(=O)N1CCC(NC(=NC)NCCOc2ccc(C(C)(C)C)cc2)C1. The van der Waals surface area contributed by atoms with Crippen LogP contribution in [-0.4, -0.2) is 56.1 Å². The summed E-state index contributed by atoms with van der Waals surface area (Å²) in [7, 11) is 1.76. The van der Waals surface area contributed by atoms with Gasteiger partial charge in [-0.05, 0) is 29.5 Å². The van der Waals surface area contributed by atoms with E-state index >= 15 is 0 Å². The van der Waals surface area contributed by atoms with Gasteiger partial charge in [0, 0.05) is 32.6 Å².